The van der Waals surface area contributed by atoms with E-state index in [2.05, 4.69) is 50.2 Å². The number of ether oxygens (including phenoxy) is 7. The zero-order valence-corrected chi connectivity index (χ0v) is 39.0. The lowest BCUT2D eigenvalue weighted by molar-refractivity contribution is -0.131. The maximum atomic E-state index is 12.9. The molecule has 1 atom stereocenters. The lowest BCUT2D eigenvalue weighted by Gasteiger charge is -2.30. The molecule has 9 aromatic rings. The van der Waals surface area contributed by atoms with Crippen LogP contribution in [0.25, 0.3) is 32.7 Å². The first-order valence-corrected chi connectivity index (χ1v) is 22.8. The van der Waals surface area contributed by atoms with Gasteiger partial charge in [-0.3, -0.25) is 4.79 Å². The van der Waals surface area contributed by atoms with Crippen LogP contribution < -0.4 is 33.2 Å². The van der Waals surface area contributed by atoms with Crippen LogP contribution in [0.5, 0.6) is 46.0 Å². The van der Waals surface area contributed by atoms with Crippen molar-refractivity contribution in [3.8, 4) is 57.1 Å². The van der Waals surface area contributed by atoms with E-state index in [1.54, 1.807) is 79.9 Å². The Morgan fingerprint density at radius 1 is 0.429 bits per heavy atom. The molecule has 0 saturated heterocycles. The quantitative estimate of drug-likeness (QED) is 0.0452. The summed E-state index contributed by atoms with van der Waals surface area (Å²) < 4.78 is 38.5. The van der Waals surface area contributed by atoms with Crippen LogP contribution >= 0.6 is 0 Å². The number of esters is 1. The Hall–Kier alpha value is -8.89. The van der Waals surface area contributed by atoms with E-state index in [-0.39, 0.29) is 22.9 Å². The van der Waals surface area contributed by atoms with Gasteiger partial charge in [-0.2, -0.15) is 0 Å². The van der Waals surface area contributed by atoms with Crippen LogP contribution in [0.15, 0.2) is 194 Å². The fourth-order valence-corrected chi connectivity index (χ4v) is 8.59. The summed E-state index contributed by atoms with van der Waals surface area (Å²) in [7, 11) is 1.65. The Bertz CT molecular complexity index is 3240. The highest BCUT2D eigenvalue weighted by Crippen LogP contribution is 2.41. The van der Waals surface area contributed by atoms with Gasteiger partial charge in [-0.05, 0) is 165 Å². The molecule has 70 heavy (non-hydrogen) atoms. The standard InChI is InChI=1S/C60H48O10/c1-5-60(3,42-18-26-44(64-4)27-19-42)43-20-28-49(29-21-43)68-59(63)70-51-36-32-47(33-37-51)66-46-30-34-50(35-31-46)69-58(62)67-48-24-16-41(17-25-48)57-54-12-8-6-10-52(54)56(53-11-7-9-13-55(53)57)38-40-14-22-45(23-15-40)65-39(2)61/h6-37H,5,38H2,1-4H3. The molecule has 10 heteroatoms. The predicted octanol–water partition coefficient (Wildman–Crippen LogP) is 14.8. The number of benzene rings is 9. The van der Waals surface area contributed by atoms with Gasteiger partial charge in [-0.25, -0.2) is 9.59 Å². The third-order valence-corrected chi connectivity index (χ3v) is 12.4. The third kappa shape index (κ3) is 10.5. The van der Waals surface area contributed by atoms with Gasteiger partial charge in [0.05, 0.1) is 7.11 Å². The minimum Gasteiger partial charge on any atom is -0.497 e. The molecule has 0 aliphatic rings. The topological polar surface area (TPSA) is 116 Å². The largest absolute Gasteiger partial charge is 0.519 e. The maximum Gasteiger partial charge on any atom is 0.519 e. The summed E-state index contributed by atoms with van der Waals surface area (Å²) >= 11 is 0. The molecule has 0 heterocycles. The first-order chi connectivity index (χ1) is 34.0. The smallest absolute Gasteiger partial charge is 0.497 e. The van der Waals surface area contributed by atoms with E-state index in [0.717, 1.165) is 61.5 Å². The lowest BCUT2D eigenvalue weighted by Crippen LogP contribution is -2.22. The fraction of sp³-hybridized carbons (Fsp3) is 0.117. The molecule has 1 unspecified atom stereocenters. The van der Waals surface area contributed by atoms with Crippen LogP contribution in [0.2, 0.25) is 0 Å². The monoisotopic (exact) mass is 928 g/mol. The molecule has 0 aliphatic carbocycles. The number of methoxy groups -OCH3 is 1. The average Bonchev–Trinajstić information content (AvgIpc) is 3.38. The molecule has 0 amide bonds. The fourth-order valence-electron chi connectivity index (χ4n) is 8.59. The van der Waals surface area contributed by atoms with Gasteiger partial charge >= 0.3 is 18.3 Å². The zero-order chi connectivity index (χ0) is 48.6. The van der Waals surface area contributed by atoms with Crippen molar-refractivity contribution in [1.82, 2.24) is 0 Å². The molecule has 0 aliphatic heterocycles. The van der Waals surface area contributed by atoms with E-state index in [1.165, 1.54) is 12.5 Å². The van der Waals surface area contributed by atoms with Gasteiger partial charge in [-0.15, -0.1) is 0 Å². The predicted molar refractivity (Wildman–Crippen MR) is 270 cm³/mol. The average molecular weight is 929 g/mol. The highest BCUT2D eigenvalue weighted by atomic mass is 16.7. The van der Waals surface area contributed by atoms with E-state index in [4.69, 9.17) is 33.2 Å². The molecule has 0 bridgehead atoms. The second-order valence-electron chi connectivity index (χ2n) is 16.8. The number of carbonyl (C=O) groups is 3. The molecular formula is C60H48O10. The minimum atomic E-state index is -0.891. The van der Waals surface area contributed by atoms with Gasteiger partial charge in [-0.1, -0.05) is 111 Å². The van der Waals surface area contributed by atoms with Crippen molar-refractivity contribution in [2.24, 2.45) is 0 Å². The van der Waals surface area contributed by atoms with Gasteiger partial charge in [0, 0.05) is 12.3 Å². The number of hydrogen-bond donors (Lipinski definition) is 0. The summed E-state index contributed by atoms with van der Waals surface area (Å²) in [6.07, 6.45) is -0.211. The van der Waals surface area contributed by atoms with Gasteiger partial charge in [0.1, 0.15) is 46.0 Å². The van der Waals surface area contributed by atoms with Crippen LogP contribution in [0.1, 0.15) is 49.4 Å². The molecule has 10 nitrogen and oxygen atoms in total. The summed E-state index contributed by atoms with van der Waals surface area (Å²) in [4.78, 5) is 37.0. The second-order valence-corrected chi connectivity index (χ2v) is 16.8. The Morgan fingerprint density at radius 3 is 1.20 bits per heavy atom. The third-order valence-electron chi connectivity index (χ3n) is 12.4. The van der Waals surface area contributed by atoms with Crippen molar-refractivity contribution in [2.75, 3.05) is 7.11 Å². The number of carbonyl (C=O) groups excluding carboxylic acids is 3. The molecule has 9 aromatic carbocycles. The first kappa shape index (κ1) is 46.2. The molecule has 0 N–H and O–H groups in total. The molecular weight excluding hydrogens is 881 g/mol. The van der Waals surface area contributed by atoms with Crippen molar-refractivity contribution in [3.63, 3.8) is 0 Å². The van der Waals surface area contributed by atoms with Gasteiger partial charge < -0.3 is 33.2 Å². The maximum absolute atomic E-state index is 12.9. The molecule has 0 aromatic heterocycles. The van der Waals surface area contributed by atoms with E-state index >= 15 is 0 Å². The Balaban J connectivity index is 0.785. The van der Waals surface area contributed by atoms with E-state index in [0.29, 0.717) is 35.2 Å². The highest BCUT2D eigenvalue weighted by Gasteiger charge is 2.27. The molecule has 0 radical (unpaired) electrons. The second kappa shape index (κ2) is 20.5. The molecule has 9 rings (SSSR count). The lowest BCUT2D eigenvalue weighted by atomic mass is 9.74. The van der Waals surface area contributed by atoms with Gasteiger partial charge in [0.15, 0.2) is 0 Å². The summed E-state index contributed by atoms with van der Waals surface area (Å²) in [5.41, 5.74) is 6.32. The summed E-state index contributed by atoms with van der Waals surface area (Å²) in [5.74, 6) is 3.16. The summed E-state index contributed by atoms with van der Waals surface area (Å²) in [5, 5.41) is 4.44. The van der Waals surface area contributed by atoms with E-state index in [1.807, 2.05) is 84.9 Å². The summed E-state index contributed by atoms with van der Waals surface area (Å²) in [6, 6.07) is 60.2. The molecule has 348 valence electrons. The Labute approximate surface area is 405 Å². The van der Waals surface area contributed by atoms with Crippen molar-refractivity contribution in [2.45, 2.75) is 39.0 Å². The van der Waals surface area contributed by atoms with Crippen LogP contribution in [0.3, 0.4) is 0 Å². The minimum absolute atomic E-state index is 0.243. The zero-order valence-electron chi connectivity index (χ0n) is 39.0. The van der Waals surface area contributed by atoms with Crippen molar-refractivity contribution in [1.29, 1.82) is 0 Å². The van der Waals surface area contributed by atoms with Gasteiger partial charge in [0.2, 0.25) is 0 Å². The van der Waals surface area contributed by atoms with Crippen LogP contribution in [-0.2, 0) is 16.6 Å². The van der Waals surface area contributed by atoms with Crippen LogP contribution in [0, 0.1) is 0 Å². The van der Waals surface area contributed by atoms with Crippen LogP contribution in [-0.4, -0.2) is 25.4 Å². The number of rotatable bonds is 14. The Morgan fingerprint density at radius 2 is 0.786 bits per heavy atom. The normalized spacial score (nSPS) is 11.8. The number of hydrogen-bond acceptors (Lipinski definition) is 10. The van der Waals surface area contributed by atoms with Crippen molar-refractivity contribution in [3.05, 3.63) is 216 Å². The summed E-state index contributed by atoms with van der Waals surface area (Å²) in [6.45, 7) is 5.71. The van der Waals surface area contributed by atoms with Gasteiger partial charge in [0.25, 0.3) is 0 Å². The van der Waals surface area contributed by atoms with E-state index < -0.39 is 12.3 Å². The molecule has 0 spiro atoms. The molecule has 0 saturated carbocycles. The number of fused-ring (bicyclic) bond motifs is 2. The Kier molecular flexibility index (Phi) is 13.6. The molecule has 0 fully saturated rings. The van der Waals surface area contributed by atoms with Crippen LogP contribution in [0.4, 0.5) is 9.59 Å². The highest BCUT2D eigenvalue weighted by molar-refractivity contribution is 6.15. The van der Waals surface area contributed by atoms with Crippen molar-refractivity contribution < 1.29 is 47.5 Å². The first-order valence-electron chi connectivity index (χ1n) is 22.8. The van der Waals surface area contributed by atoms with E-state index in [9.17, 15) is 14.4 Å². The SMILES string of the molecule is CCC(C)(c1ccc(OC)cc1)c1ccc(OC(=O)Oc2ccc(Oc3ccc(OC(=O)Oc4ccc(-c5c6ccccc6c(Cc6ccc(OC(C)=O)cc6)c6ccccc56)cc4)cc3)cc2)cc1. The van der Waals surface area contributed by atoms with Crippen molar-refractivity contribution >= 4 is 39.8 Å².